The number of pyridine rings is 1. The number of hydrogen-bond donors (Lipinski definition) is 0. The van der Waals surface area contributed by atoms with Gasteiger partial charge in [-0.2, -0.15) is 0 Å². The van der Waals surface area contributed by atoms with Crippen LogP contribution in [0.5, 0.6) is 0 Å². The number of benzene rings is 4. The number of rotatable bonds is 0. The molecule has 3 heterocycles. The normalized spacial score (nSPS) is 12.1. The van der Waals surface area contributed by atoms with Gasteiger partial charge in [0.1, 0.15) is 11.2 Å². The molecule has 4 nitrogen and oxygen atoms in total. The molecule has 3 aromatic heterocycles. The Bertz CT molecular complexity index is 1760. The number of fused-ring (bicyclic) bond motifs is 11. The maximum atomic E-state index is 5.04. The zero-order valence-electron chi connectivity index (χ0n) is 15.4. The second-order valence-electron chi connectivity index (χ2n) is 7.35. The Balaban J connectivity index is 1.90. The third-order valence-corrected chi connectivity index (χ3v) is 5.73. The summed E-state index contributed by atoms with van der Waals surface area (Å²) in [6, 6.07) is 29.0. The van der Waals surface area contributed by atoms with Gasteiger partial charge < -0.3 is 0 Å². The van der Waals surface area contributed by atoms with Crippen molar-refractivity contribution in [1.82, 2.24) is 19.4 Å². The highest BCUT2D eigenvalue weighted by atomic mass is 15.1. The minimum atomic E-state index is 0.843. The molecule has 0 fully saturated rings. The Morgan fingerprint density at radius 3 is 2.10 bits per heavy atom. The molecule has 0 unspecified atom stereocenters. The molecule has 7 rings (SSSR count). The summed E-state index contributed by atoms with van der Waals surface area (Å²) >= 11 is 0. The van der Waals surface area contributed by atoms with Crippen molar-refractivity contribution in [2.45, 2.75) is 0 Å². The summed E-state index contributed by atoms with van der Waals surface area (Å²) in [5, 5.41) is 4.58. The first kappa shape index (κ1) is 14.9. The van der Waals surface area contributed by atoms with E-state index in [1.54, 1.807) is 0 Å². The van der Waals surface area contributed by atoms with Crippen LogP contribution in [0.15, 0.2) is 84.9 Å². The second-order valence-corrected chi connectivity index (χ2v) is 7.35. The van der Waals surface area contributed by atoms with Crippen molar-refractivity contribution in [1.29, 1.82) is 0 Å². The Morgan fingerprint density at radius 2 is 1.21 bits per heavy atom. The molecule has 0 saturated heterocycles. The Kier molecular flexibility index (Phi) is 2.71. The summed E-state index contributed by atoms with van der Waals surface area (Å²) in [6.07, 6.45) is 0. The summed E-state index contributed by atoms with van der Waals surface area (Å²) in [5.74, 6) is 0. The van der Waals surface area contributed by atoms with Gasteiger partial charge in [-0.05, 0) is 35.0 Å². The van der Waals surface area contributed by atoms with Crippen molar-refractivity contribution in [3.63, 3.8) is 0 Å². The first-order valence-corrected chi connectivity index (χ1v) is 9.66. The van der Waals surface area contributed by atoms with Gasteiger partial charge in [-0.3, -0.25) is 4.40 Å². The van der Waals surface area contributed by atoms with Crippen LogP contribution >= 0.6 is 0 Å². The van der Waals surface area contributed by atoms with Crippen LogP contribution < -0.4 is 0 Å². The smallest absolute Gasteiger partial charge is 0.166 e. The summed E-state index contributed by atoms with van der Waals surface area (Å²) in [7, 11) is 0. The van der Waals surface area contributed by atoms with E-state index in [0.717, 1.165) is 49.7 Å². The average Bonchev–Trinajstić information content (AvgIpc) is 3.17. The molecule has 0 radical (unpaired) electrons. The van der Waals surface area contributed by atoms with Crippen molar-refractivity contribution < 1.29 is 0 Å². The van der Waals surface area contributed by atoms with Crippen molar-refractivity contribution in [2.75, 3.05) is 0 Å². The lowest BCUT2D eigenvalue weighted by Crippen LogP contribution is -1.97. The summed E-state index contributed by atoms with van der Waals surface area (Å²) < 4.78 is 2.17. The Morgan fingerprint density at radius 1 is 0.517 bits per heavy atom. The van der Waals surface area contributed by atoms with Gasteiger partial charge in [-0.25, -0.2) is 15.0 Å². The first-order valence-electron chi connectivity index (χ1n) is 9.66. The highest BCUT2D eigenvalue weighted by molar-refractivity contribution is 6.22. The fourth-order valence-corrected chi connectivity index (χ4v) is 4.45. The molecule has 0 aliphatic carbocycles. The van der Waals surface area contributed by atoms with E-state index in [-0.39, 0.29) is 0 Å². The van der Waals surface area contributed by atoms with Crippen molar-refractivity contribution in [3.8, 4) is 0 Å². The Hall–Kier alpha value is -4.05. The molecule has 0 aliphatic rings. The van der Waals surface area contributed by atoms with Gasteiger partial charge in [0.15, 0.2) is 5.65 Å². The van der Waals surface area contributed by atoms with Gasteiger partial charge in [0.05, 0.1) is 22.1 Å². The van der Waals surface area contributed by atoms with Crippen LogP contribution in [0.2, 0.25) is 0 Å². The highest BCUT2D eigenvalue weighted by Gasteiger charge is 2.17. The van der Waals surface area contributed by atoms with E-state index in [1.165, 1.54) is 10.8 Å². The van der Waals surface area contributed by atoms with Crippen LogP contribution in [0, 0.1) is 0 Å². The van der Waals surface area contributed by atoms with Gasteiger partial charge in [0.25, 0.3) is 0 Å². The molecular formula is C25H14N4. The SMILES string of the molecule is c1ccc2c(c1)ccc1c3nc4ccccc4nc3n3c4ccccc4nc3c21. The van der Waals surface area contributed by atoms with E-state index in [2.05, 4.69) is 52.9 Å². The zero-order chi connectivity index (χ0) is 18.9. The largest absolute Gasteiger partial charge is 0.274 e. The van der Waals surface area contributed by atoms with Gasteiger partial charge in [0, 0.05) is 10.8 Å². The van der Waals surface area contributed by atoms with Crippen LogP contribution in [-0.2, 0) is 0 Å². The standard InChI is InChI=1S/C25H14N4/c1-2-8-16-15(7-1)13-14-17-22(16)24-28-20-11-5-6-12-21(20)29(24)25-23(17)26-18-9-3-4-10-19(18)27-25/h1-14H. The van der Waals surface area contributed by atoms with Gasteiger partial charge in [0.2, 0.25) is 0 Å². The predicted octanol–water partition coefficient (Wildman–Crippen LogP) is 5.89. The maximum absolute atomic E-state index is 5.04. The molecule has 7 aromatic rings. The van der Waals surface area contributed by atoms with Gasteiger partial charge in [-0.1, -0.05) is 60.7 Å². The van der Waals surface area contributed by atoms with E-state index in [9.17, 15) is 0 Å². The number of nitrogens with zero attached hydrogens (tertiary/aromatic N) is 4. The lowest BCUT2D eigenvalue weighted by atomic mass is 10.0. The van der Waals surface area contributed by atoms with E-state index >= 15 is 0 Å². The van der Waals surface area contributed by atoms with E-state index in [4.69, 9.17) is 15.0 Å². The second kappa shape index (κ2) is 5.26. The molecule has 134 valence electrons. The quantitative estimate of drug-likeness (QED) is 0.247. The summed E-state index contributed by atoms with van der Waals surface area (Å²) in [5.41, 5.74) is 6.47. The van der Waals surface area contributed by atoms with Crippen LogP contribution in [0.25, 0.3) is 60.4 Å². The van der Waals surface area contributed by atoms with E-state index in [0.29, 0.717) is 0 Å². The van der Waals surface area contributed by atoms with Crippen molar-refractivity contribution >= 4 is 60.4 Å². The molecular weight excluding hydrogens is 356 g/mol. The molecule has 0 spiro atoms. The van der Waals surface area contributed by atoms with Crippen LogP contribution in [0.3, 0.4) is 0 Å². The lowest BCUT2D eigenvalue weighted by Gasteiger charge is -2.11. The molecule has 4 aromatic carbocycles. The van der Waals surface area contributed by atoms with Crippen LogP contribution in [0.1, 0.15) is 0 Å². The maximum Gasteiger partial charge on any atom is 0.166 e. The highest BCUT2D eigenvalue weighted by Crippen LogP contribution is 2.35. The molecule has 4 heteroatoms. The molecule has 0 amide bonds. The summed E-state index contributed by atoms with van der Waals surface area (Å²) in [6.45, 7) is 0. The van der Waals surface area contributed by atoms with E-state index in [1.807, 2.05) is 36.4 Å². The molecule has 29 heavy (non-hydrogen) atoms. The number of para-hydroxylation sites is 4. The van der Waals surface area contributed by atoms with Crippen LogP contribution in [0.4, 0.5) is 0 Å². The van der Waals surface area contributed by atoms with Gasteiger partial charge >= 0.3 is 0 Å². The predicted molar refractivity (Wildman–Crippen MR) is 118 cm³/mol. The Labute approximate surface area is 165 Å². The third-order valence-electron chi connectivity index (χ3n) is 5.73. The zero-order valence-corrected chi connectivity index (χ0v) is 15.4. The van der Waals surface area contributed by atoms with Crippen molar-refractivity contribution in [2.24, 2.45) is 0 Å². The van der Waals surface area contributed by atoms with Gasteiger partial charge in [-0.15, -0.1) is 0 Å². The third kappa shape index (κ3) is 1.90. The molecule has 0 bridgehead atoms. The average molecular weight is 370 g/mol. The molecule has 0 aliphatic heterocycles. The number of aromatic nitrogens is 4. The molecule has 0 N–H and O–H groups in total. The lowest BCUT2D eigenvalue weighted by molar-refractivity contribution is 1.24. The monoisotopic (exact) mass is 370 g/mol. The van der Waals surface area contributed by atoms with E-state index < -0.39 is 0 Å². The number of imidazole rings is 1. The first-order chi connectivity index (χ1) is 14.4. The number of hydrogen-bond acceptors (Lipinski definition) is 3. The summed E-state index contributed by atoms with van der Waals surface area (Å²) in [4.78, 5) is 15.1. The fraction of sp³-hybridized carbons (Fsp3) is 0. The molecule has 0 atom stereocenters. The minimum Gasteiger partial charge on any atom is -0.274 e. The fourth-order valence-electron chi connectivity index (χ4n) is 4.45. The minimum absolute atomic E-state index is 0.843. The molecule has 0 saturated carbocycles. The van der Waals surface area contributed by atoms with Crippen molar-refractivity contribution in [3.05, 3.63) is 84.9 Å². The van der Waals surface area contributed by atoms with Crippen LogP contribution in [-0.4, -0.2) is 19.4 Å². The topological polar surface area (TPSA) is 43.1 Å².